The lowest BCUT2D eigenvalue weighted by Gasteiger charge is -2.02. The first-order chi connectivity index (χ1) is 8.31. The van der Waals surface area contributed by atoms with Crippen LogP contribution < -0.4 is 0 Å². The van der Waals surface area contributed by atoms with E-state index >= 15 is 0 Å². The summed E-state index contributed by atoms with van der Waals surface area (Å²) in [6.07, 6.45) is 4.81. The lowest BCUT2D eigenvalue weighted by Crippen LogP contribution is -1.89. The number of aromatic amines is 1. The molecule has 0 atom stereocenters. The molecule has 0 aliphatic carbocycles. The summed E-state index contributed by atoms with van der Waals surface area (Å²) in [7, 11) is 0. The standard InChI is InChI=1S/C15H14N2/c1-11-2-4-12(5-3-11)8-13-9-14-6-7-16-15(14)17-10-13/h2-7,9-10H,8H2,1H3,(H,16,17). The normalized spacial score (nSPS) is 10.9. The van der Waals surface area contributed by atoms with Crippen LogP contribution in [0, 0.1) is 6.92 Å². The molecular weight excluding hydrogens is 208 g/mol. The molecule has 0 spiro atoms. The lowest BCUT2D eigenvalue weighted by atomic mass is 10.0. The minimum absolute atomic E-state index is 0.939. The summed E-state index contributed by atoms with van der Waals surface area (Å²) in [5, 5.41) is 1.18. The van der Waals surface area contributed by atoms with Gasteiger partial charge in [-0.25, -0.2) is 4.98 Å². The highest BCUT2D eigenvalue weighted by molar-refractivity contribution is 5.75. The highest BCUT2D eigenvalue weighted by Gasteiger charge is 2.00. The van der Waals surface area contributed by atoms with E-state index in [1.807, 2.05) is 12.4 Å². The van der Waals surface area contributed by atoms with Crippen molar-refractivity contribution in [1.82, 2.24) is 9.97 Å². The summed E-state index contributed by atoms with van der Waals surface area (Å²) in [5.74, 6) is 0. The highest BCUT2D eigenvalue weighted by Crippen LogP contribution is 2.15. The van der Waals surface area contributed by atoms with Crippen molar-refractivity contribution in [3.8, 4) is 0 Å². The molecular formula is C15H14N2. The number of rotatable bonds is 2. The van der Waals surface area contributed by atoms with Crippen molar-refractivity contribution in [2.45, 2.75) is 13.3 Å². The second kappa shape index (κ2) is 4.06. The second-order valence-corrected chi connectivity index (χ2v) is 4.42. The fraction of sp³-hybridized carbons (Fsp3) is 0.133. The first-order valence-corrected chi connectivity index (χ1v) is 5.79. The Morgan fingerprint density at radius 1 is 1.06 bits per heavy atom. The molecule has 0 bridgehead atoms. The molecule has 0 amide bonds. The number of aryl methyl sites for hydroxylation is 1. The molecule has 84 valence electrons. The molecule has 2 heterocycles. The number of benzene rings is 1. The van der Waals surface area contributed by atoms with Crippen molar-refractivity contribution >= 4 is 11.0 Å². The quantitative estimate of drug-likeness (QED) is 0.706. The fourth-order valence-corrected chi connectivity index (χ4v) is 2.02. The van der Waals surface area contributed by atoms with Gasteiger partial charge in [0.05, 0.1) is 0 Å². The van der Waals surface area contributed by atoms with E-state index in [4.69, 9.17) is 0 Å². The molecule has 0 fully saturated rings. The van der Waals surface area contributed by atoms with Gasteiger partial charge < -0.3 is 4.98 Å². The van der Waals surface area contributed by atoms with Crippen LogP contribution in [0.2, 0.25) is 0 Å². The predicted octanol–water partition coefficient (Wildman–Crippen LogP) is 3.46. The number of H-pyrrole nitrogens is 1. The van der Waals surface area contributed by atoms with Crippen molar-refractivity contribution in [3.05, 3.63) is 65.5 Å². The van der Waals surface area contributed by atoms with Gasteiger partial charge in [-0.2, -0.15) is 0 Å². The van der Waals surface area contributed by atoms with Crippen molar-refractivity contribution in [3.63, 3.8) is 0 Å². The van der Waals surface area contributed by atoms with Crippen molar-refractivity contribution in [2.75, 3.05) is 0 Å². The smallest absolute Gasteiger partial charge is 0.137 e. The van der Waals surface area contributed by atoms with Crippen LogP contribution in [0.25, 0.3) is 11.0 Å². The van der Waals surface area contributed by atoms with Crippen molar-refractivity contribution < 1.29 is 0 Å². The van der Waals surface area contributed by atoms with E-state index in [2.05, 4.69) is 53.3 Å². The van der Waals surface area contributed by atoms with E-state index in [1.54, 1.807) is 0 Å². The topological polar surface area (TPSA) is 28.7 Å². The number of hydrogen-bond donors (Lipinski definition) is 1. The minimum atomic E-state index is 0.939. The summed E-state index contributed by atoms with van der Waals surface area (Å²) < 4.78 is 0. The summed E-state index contributed by atoms with van der Waals surface area (Å²) in [6.45, 7) is 2.11. The number of fused-ring (bicyclic) bond motifs is 1. The van der Waals surface area contributed by atoms with Crippen LogP contribution in [0.1, 0.15) is 16.7 Å². The first-order valence-electron chi connectivity index (χ1n) is 5.79. The Bertz CT molecular complexity index is 635. The summed E-state index contributed by atoms with van der Waals surface area (Å²) in [4.78, 5) is 7.51. The summed E-state index contributed by atoms with van der Waals surface area (Å²) in [6, 6.07) is 12.9. The van der Waals surface area contributed by atoms with Crippen LogP contribution in [0.3, 0.4) is 0 Å². The van der Waals surface area contributed by atoms with Gasteiger partial charge >= 0.3 is 0 Å². The fourth-order valence-electron chi connectivity index (χ4n) is 2.02. The van der Waals surface area contributed by atoms with Crippen molar-refractivity contribution in [2.24, 2.45) is 0 Å². The highest BCUT2D eigenvalue weighted by atomic mass is 14.8. The van der Waals surface area contributed by atoms with Crippen molar-refractivity contribution in [1.29, 1.82) is 0 Å². The SMILES string of the molecule is Cc1ccc(Cc2cnc3[nH]ccc3c2)cc1. The number of hydrogen-bond acceptors (Lipinski definition) is 1. The Hall–Kier alpha value is -2.09. The molecule has 3 aromatic rings. The third kappa shape index (κ3) is 2.07. The van der Waals surface area contributed by atoms with Gasteiger partial charge in [-0.15, -0.1) is 0 Å². The molecule has 0 saturated heterocycles. The molecule has 0 unspecified atom stereocenters. The van der Waals surface area contributed by atoms with Gasteiger partial charge in [-0.05, 0) is 36.6 Å². The number of nitrogens with one attached hydrogen (secondary N) is 1. The third-order valence-corrected chi connectivity index (χ3v) is 2.99. The molecule has 2 aromatic heterocycles. The van der Waals surface area contributed by atoms with Gasteiger partial charge in [0.25, 0.3) is 0 Å². The molecule has 2 heteroatoms. The Labute approximate surface area is 100 Å². The van der Waals surface area contributed by atoms with E-state index in [9.17, 15) is 0 Å². The van der Waals surface area contributed by atoms with Crippen LogP contribution in [0.5, 0.6) is 0 Å². The maximum absolute atomic E-state index is 4.40. The number of aromatic nitrogens is 2. The first kappa shape index (κ1) is 10.1. The molecule has 0 radical (unpaired) electrons. The van der Waals surface area contributed by atoms with Gasteiger partial charge in [0.15, 0.2) is 0 Å². The number of pyridine rings is 1. The van der Waals surface area contributed by atoms with Crippen LogP contribution in [-0.4, -0.2) is 9.97 Å². The monoisotopic (exact) mass is 222 g/mol. The second-order valence-electron chi connectivity index (χ2n) is 4.42. The Kier molecular flexibility index (Phi) is 2.41. The zero-order valence-electron chi connectivity index (χ0n) is 9.77. The molecule has 3 rings (SSSR count). The predicted molar refractivity (Wildman–Crippen MR) is 70.1 cm³/mol. The average molecular weight is 222 g/mol. The molecule has 0 aliphatic rings. The zero-order chi connectivity index (χ0) is 11.7. The zero-order valence-corrected chi connectivity index (χ0v) is 9.77. The van der Waals surface area contributed by atoms with Gasteiger partial charge in [-0.3, -0.25) is 0 Å². The summed E-state index contributed by atoms with van der Waals surface area (Å²) in [5.41, 5.74) is 4.83. The minimum Gasteiger partial charge on any atom is -0.346 e. The van der Waals surface area contributed by atoms with Crippen LogP contribution >= 0.6 is 0 Å². The third-order valence-electron chi connectivity index (χ3n) is 2.99. The van der Waals surface area contributed by atoms with E-state index in [-0.39, 0.29) is 0 Å². The molecule has 1 aromatic carbocycles. The molecule has 2 nitrogen and oxygen atoms in total. The molecule has 0 aliphatic heterocycles. The Balaban J connectivity index is 1.91. The van der Waals surface area contributed by atoms with Gasteiger partial charge in [-0.1, -0.05) is 29.8 Å². The number of nitrogens with zero attached hydrogens (tertiary/aromatic N) is 1. The van der Waals surface area contributed by atoms with E-state index < -0.39 is 0 Å². The van der Waals surface area contributed by atoms with Gasteiger partial charge in [0.2, 0.25) is 0 Å². The largest absolute Gasteiger partial charge is 0.346 e. The van der Waals surface area contributed by atoms with Gasteiger partial charge in [0, 0.05) is 17.8 Å². The molecule has 17 heavy (non-hydrogen) atoms. The lowest BCUT2D eigenvalue weighted by molar-refractivity contribution is 1.16. The maximum atomic E-state index is 4.40. The van der Waals surface area contributed by atoms with E-state index in [1.165, 1.54) is 22.1 Å². The molecule has 0 saturated carbocycles. The van der Waals surface area contributed by atoms with Gasteiger partial charge in [0.1, 0.15) is 5.65 Å². The molecule has 1 N–H and O–H groups in total. The average Bonchev–Trinajstić information content (AvgIpc) is 2.79. The van der Waals surface area contributed by atoms with Crippen LogP contribution in [0.4, 0.5) is 0 Å². The van der Waals surface area contributed by atoms with Crippen LogP contribution in [-0.2, 0) is 6.42 Å². The summed E-state index contributed by atoms with van der Waals surface area (Å²) >= 11 is 0. The van der Waals surface area contributed by atoms with E-state index in [0.29, 0.717) is 0 Å². The van der Waals surface area contributed by atoms with E-state index in [0.717, 1.165) is 12.1 Å². The van der Waals surface area contributed by atoms with Crippen LogP contribution in [0.15, 0.2) is 48.8 Å². The Morgan fingerprint density at radius 3 is 2.71 bits per heavy atom. The Morgan fingerprint density at radius 2 is 1.88 bits per heavy atom. The maximum Gasteiger partial charge on any atom is 0.137 e.